The molecule has 0 saturated heterocycles. The Labute approximate surface area is 152 Å². The number of nitrogens with zero attached hydrogens (tertiary/aromatic N) is 2. The van der Waals surface area contributed by atoms with Gasteiger partial charge in [-0.1, -0.05) is 30.3 Å². The zero-order valence-corrected chi connectivity index (χ0v) is 14.7. The maximum atomic E-state index is 9.96. The molecular weight excluding hydrogens is 324 g/mol. The molecule has 0 heterocycles. The first kappa shape index (κ1) is 17.4. The van der Waals surface area contributed by atoms with Gasteiger partial charge in [-0.2, -0.15) is 0 Å². The quantitative estimate of drug-likeness (QED) is 0.624. The summed E-state index contributed by atoms with van der Waals surface area (Å²) in [5.74, 6) is 0.414. The molecule has 0 atom stereocenters. The van der Waals surface area contributed by atoms with E-state index in [1.165, 1.54) is 0 Å². The molecule has 0 fully saturated rings. The highest BCUT2D eigenvalue weighted by Gasteiger charge is 2.05. The van der Waals surface area contributed by atoms with Crippen LogP contribution >= 0.6 is 0 Å². The van der Waals surface area contributed by atoms with Crippen molar-refractivity contribution < 1.29 is 10.2 Å². The van der Waals surface area contributed by atoms with E-state index in [0.29, 0.717) is 11.1 Å². The molecule has 26 heavy (non-hydrogen) atoms. The largest absolute Gasteiger partial charge is 0.507 e. The van der Waals surface area contributed by atoms with Crippen LogP contribution in [-0.4, -0.2) is 21.6 Å². The van der Waals surface area contributed by atoms with Crippen molar-refractivity contribution in [3.05, 3.63) is 83.9 Å². The maximum Gasteiger partial charge on any atom is 0.124 e. The van der Waals surface area contributed by atoms with E-state index >= 15 is 0 Å². The fraction of sp³-hybridized carbons (Fsp3) is 0.0909. The summed E-state index contributed by atoms with van der Waals surface area (Å²) in [6.07, 6.45) is 0. The molecule has 0 aliphatic heterocycles. The average Bonchev–Trinajstić information content (AvgIpc) is 2.62. The van der Waals surface area contributed by atoms with Gasteiger partial charge in [0.1, 0.15) is 11.5 Å². The summed E-state index contributed by atoms with van der Waals surface area (Å²) < 4.78 is 0. The normalized spacial score (nSPS) is 12.2. The van der Waals surface area contributed by atoms with Crippen molar-refractivity contribution in [1.82, 2.24) is 0 Å². The monoisotopic (exact) mass is 344 g/mol. The summed E-state index contributed by atoms with van der Waals surface area (Å²) in [7, 11) is 0. The minimum Gasteiger partial charge on any atom is -0.507 e. The van der Waals surface area contributed by atoms with E-state index in [0.717, 1.165) is 22.8 Å². The molecule has 0 spiro atoms. The van der Waals surface area contributed by atoms with Crippen LogP contribution in [0.5, 0.6) is 11.5 Å². The van der Waals surface area contributed by atoms with Gasteiger partial charge in [-0.15, -0.1) is 0 Å². The van der Waals surface area contributed by atoms with Crippen molar-refractivity contribution in [1.29, 1.82) is 0 Å². The minimum absolute atomic E-state index is 0.207. The summed E-state index contributed by atoms with van der Waals surface area (Å²) in [5, 5.41) is 19.9. The van der Waals surface area contributed by atoms with Crippen LogP contribution < -0.4 is 0 Å². The summed E-state index contributed by atoms with van der Waals surface area (Å²) >= 11 is 0. The van der Waals surface area contributed by atoms with Crippen molar-refractivity contribution in [3.63, 3.8) is 0 Å². The van der Waals surface area contributed by atoms with Crippen LogP contribution in [0.4, 0.5) is 11.4 Å². The van der Waals surface area contributed by atoms with Crippen LogP contribution in [0.25, 0.3) is 0 Å². The molecule has 4 nitrogen and oxygen atoms in total. The number of aliphatic imine (C=N–C) groups is 2. The van der Waals surface area contributed by atoms with E-state index < -0.39 is 0 Å². The molecule has 3 aromatic rings. The highest BCUT2D eigenvalue weighted by atomic mass is 16.3. The first-order valence-electron chi connectivity index (χ1n) is 8.32. The Hall–Kier alpha value is -3.40. The zero-order chi connectivity index (χ0) is 18.5. The average molecular weight is 344 g/mol. The third-order valence-electron chi connectivity index (χ3n) is 4.01. The van der Waals surface area contributed by atoms with Gasteiger partial charge in [0.2, 0.25) is 0 Å². The zero-order valence-electron chi connectivity index (χ0n) is 14.7. The minimum atomic E-state index is 0.207. The smallest absolute Gasteiger partial charge is 0.124 e. The molecule has 4 heteroatoms. The second-order valence-electron chi connectivity index (χ2n) is 5.95. The van der Waals surface area contributed by atoms with Gasteiger partial charge in [0.05, 0.1) is 11.4 Å². The van der Waals surface area contributed by atoms with Crippen LogP contribution in [0.1, 0.15) is 25.0 Å². The second kappa shape index (κ2) is 7.66. The number of para-hydroxylation sites is 2. The molecule has 0 aliphatic carbocycles. The Kier molecular flexibility index (Phi) is 5.13. The lowest BCUT2D eigenvalue weighted by Crippen LogP contribution is -1.94. The number of phenolic OH excluding ortho intramolecular Hbond substituents is 2. The van der Waals surface area contributed by atoms with E-state index in [-0.39, 0.29) is 11.5 Å². The van der Waals surface area contributed by atoms with Crippen molar-refractivity contribution >= 4 is 22.8 Å². The fourth-order valence-corrected chi connectivity index (χ4v) is 2.70. The Bertz CT molecular complexity index is 914. The van der Waals surface area contributed by atoms with Crippen LogP contribution in [0.3, 0.4) is 0 Å². The molecule has 130 valence electrons. The van der Waals surface area contributed by atoms with Gasteiger partial charge in [-0.05, 0) is 56.3 Å². The van der Waals surface area contributed by atoms with E-state index in [9.17, 15) is 10.2 Å². The van der Waals surface area contributed by atoms with Gasteiger partial charge in [0.25, 0.3) is 0 Å². The highest BCUT2D eigenvalue weighted by molar-refractivity contribution is 6.03. The second-order valence-corrected chi connectivity index (χ2v) is 5.95. The summed E-state index contributed by atoms with van der Waals surface area (Å²) in [5.41, 5.74) is 4.34. The lowest BCUT2D eigenvalue weighted by atomic mass is 10.1. The van der Waals surface area contributed by atoms with E-state index in [1.807, 2.05) is 62.4 Å². The van der Waals surface area contributed by atoms with Gasteiger partial charge in [-0.25, -0.2) is 0 Å². The number of rotatable bonds is 4. The predicted molar refractivity (Wildman–Crippen MR) is 106 cm³/mol. The molecule has 0 aliphatic rings. The van der Waals surface area contributed by atoms with Gasteiger partial charge in [0, 0.05) is 22.6 Å². The first-order chi connectivity index (χ1) is 12.5. The van der Waals surface area contributed by atoms with E-state index in [4.69, 9.17) is 0 Å². The number of hydrogen-bond donors (Lipinski definition) is 2. The lowest BCUT2D eigenvalue weighted by Gasteiger charge is -2.06. The summed E-state index contributed by atoms with van der Waals surface area (Å²) in [6.45, 7) is 3.72. The van der Waals surface area contributed by atoms with Crippen molar-refractivity contribution in [2.24, 2.45) is 9.98 Å². The Morgan fingerprint density at radius 2 is 1.04 bits per heavy atom. The lowest BCUT2D eigenvalue weighted by molar-refractivity contribution is 0.473. The van der Waals surface area contributed by atoms with Gasteiger partial charge < -0.3 is 10.2 Å². The van der Waals surface area contributed by atoms with Gasteiger partial charge in [0.15, 0.2) is 0 Å². The number of phenols is 2. The maximum absolute atomic E-state index is 9.96. The van der Waals surface area contributed by atoms with Gasteiger partial charge >= 0.3 is 0 Å². The SMILES string of the molecule is CC(=Nc1cccc(N=C(C)c2ccccc2O)c1)c1ccccc1O. The summed E-state index contributed by atoms with van der Waals surface area (Å²) in [4.78, 5) is 9.17. The molecule has 0 saturated carbocycles. The summed E-state index contributed by atoms with van der Waals surface area (Å²) in [6, 6.07) is 21.8. The molecule has 2 N–H and O–H groups in total. The highest BCUT2D eigenvalue weighted by Crippen LogP contribution is 2.25. The molecule has 0 aromatic heterocycles. The van der Waals surface area contributed by atoms with Crippen LogP contribution in [0.2, 0.25) is 0 Å². The number of benzene rings is 3. The van der Waals surface area contributed by atoms with Crippen molar-refractivity contribution in [3.8, 4) is 11.5 Å². The molecule has 0 amide bonds. The number of aromatic hydroxyl groups is 2. The Morgan fingerprint density at radius 1 is 0.615 bits per heavy atom. The van der Waals surface area contributed by atoms with Crippen LogP contribution in [0.15, 0.2) is 82.8 Å². The Balaban J connectivity index is 1.92. The molecule has 0 radical (unpaired) electrons. The standard InChI is InChI=1S/C22H20N2O2/c1-15(19-10-3-5-12-21(19)25)23-17-8-7-9-18(14-17)24-16(2)20-11-4-6-13-22(20)26/h3-14,25-26H,1-2H3. The molecule has 0 bridgehead atoms. The Morgan fingerprint density at radius 3 is 1.46 bits per heavy atom. The van der Waals surface area contributed by atoms with Crippen LogP contribution in [-0.2, 0) is 0 Å². The first-order valence-corrected chi connectivity index (χ1v) is 8.32. The van der Waals surface area contributed by atoms with Gasteiger partial charge in [-0.3, -0.25) is 9.98 Å². The third-order valence-corrected chi connectivity index (χ3v) is 4.01. The van der Waals surface area contributed by atoms with E-state index in [2.05, 4.69) is 9.98 Å². The number of hydrogen-bond acceptors (Lipinski definition) is 4. The molecule has 3 aromatic carbocycles. The third kappa shape index (κ3) is 3.98. The van der Waals surface area contributed by atoms with Crippen LogP contribution in [0, 0.1) is 0 Å². The topological polar surface area (TPSA) is 65.2 Å². The molecular formula is C22H20N2O2. The van der Waals surface area contributed by atoms with E-state index in [1.54, 1.807) is 24.3 Å². The van der Waals surface area contributed by atoms with Crippen molar-refractivity contribution in [2.45, 2.75) is 13.8 Å². The van der Waals surface area contributed by atoms with Crippen molar-refractivity contribution in [2.75, 3.05) is 0 Å². The fourth-order valence-electron chi connectivity index (χ4n) is 2.70. The predicted octanol–water partition coefficient (Wildman–Crippen LogP) is 5.38. The molecule has 0 unspecified atom stereocenters. The molecule has 3 rings (SSSR count).